The summed E-state index contributed by atoms with van der Waals surface area (Å²) in [5.74, 6) is -0.416. The fraction of sp³-hybridized carbons (Fsp3) is 0.762. The minimum Gasteiger partial charge on any atom is -0.323 e. The van der Waals surface area contributed by atoms with Gasteiger partial charge in [-0.1, -0.05) is 0 Å². The predicted molar refractivity (Wildman–Crippen MR) is 109 cm³/mol. The van der Waals surface area contributed by atoms with Crippen molar-refractivity contribution in [3.8, 4) is 0 Å². The molecule has 36 heavy (non-hydrogen) atoms. The SMILES string of the molecule is O=C(N1CC2(CC(Cc3ncn(CC(F)(F)F)n3)C2)C1)N1CC2(CC(n3cnc(C(F)(F)F)n3)C2)C1. The second-order valence-corrected chi connectivity index (χ2v) is 11.1. The first-order valence-electron chi connectivity index (χ1n) is 11.8. The maximum Gasteiger partial charge on any atom is 0.453 e. The van der Waals surface area contributed by atoms with Gasteiger partial charge in [0.05, 0.1) is 6.04 Å². The number of halogens is 6. The van der Waals surface area contributed by atoms with Crippen LogP contribution in [0, 0.1) is 16.7 Å². The van der Waals surface area contributed by atoms with Crippen LogP contribution in [0.5, 0.6) is 0 Å². The van der Waals surface area contributed by atoms with Crippen molar-refractivity contribution in [3.63, 3.8) is 0 Å². The van der Waals surface area contributed by atoms with Crippen molar-refractivity contribution in [3.05, 3.63) is 24.3 Å². The number of amides is 2. The lowest BCUT2D eigenvalue weighted by Crippen LogP contribution is -2.71. The number of likely N-dealkylation sites (tertiary alicyclic amines) is 2. The van der Waals surface area contributed by atoms with Crippen LogP contribution in [-0.4, -0.2) is 77.7 Å². The topological polar surface area (TPSA) is 85.0 Å². The number of aromatic nitrogens is 6. The highest BCUT2D eigenvalue weighted by Crippen LogP contribution is 2.56. The highest BCUT2D eigenvalue weighted by molar-refractivity contribution is 5.77. The molecule has 4 fully saturated rings. The normalized spacial score (nSPS) is 23.4. The van der Waals surface area contributed by atoms with Crippen LogP contribution >= 0.6 is 0 Å². The van der Waals surface area contributed by atoms with E-state index in [-0.39, 0.29) is 22.9 Å². The molecule has 2 aliphatic carbocycles. The van der Waals surface area contributed by atoms with E-state index >= 15 is 0 Å². The third-order valence-corrected chi connectivity index (χ3v) is 7.96. The van der Waals surface area contributed by atoms with Crippen LogP contribution in [0.15, 0.2) is 12.7 Å². The van der Waals surface area contributed by atoms with E-state index in [0.717, 1.165) is 30.2 Å². The van der Waals surface area contributed by atoms with E-state index in [0.29, 0.717) is 57.2 Å². The Balaban J connectivity index is 0.914. The molecule has 196 valence electrons. The first kappa shape index (κ1) is 23.5. The average Bonchev–Trinajstić information content (AvgIpc) is 3.28. The third-order valence-electron chi connectivity index (χ3n) is 7.96. The fourth-order valence-electron chi connectivity index (χ4n) is 6.48. The van der Waals surface area contributed by atoms with Crippen molar-refractivity contribution in [2.45, 2.75) is 57.0 Å². The standard InChI is InChI=1S/C21H24F6N8O/c22-20(23,24)10-34-11-28-15(30-34)1-13-2-18(3-13)6-32(7-18)17(36)33-8-19(9-33)4-14(5-19)35-12-29-16(31-35)21(25,26)27/h11-14H,1-10H2. The van der Waals surface area contributed by atoms with Gasteiger partial charge in [-0.25, -0.2) is 24.1 Å². The number of rotatable bonds is 4. The largest absolute Gasteiger partial charge is 0.453 e. The van der Waals surface area contributed by atoms with E-state index in [9.17, 15) is 31.1 Å². The van der Waals surface area contributed by atoms with Gasteiger partial charge in [0.15, 0.2) is 5.82 Å². The Morgan fingerprint density at radius 1 is 0.889 bits per heavy atom. The third kappa shape index (κ3) is 4.19. The molecule has 2 saturated heterocycles. The summed E-state index contributed by atoms with van der Waals surface area (Å²) in [6, 6.07) is -0.134. The zero-order valence-corrected chi connectivity index (χ0v) is 19.1. The molecule has 0 aromatic carbocycles. The van der Waals surface area contributed by atoms with Gasteiger partial charge in [0, 0.05) is 43.4 Å². The van der Waals surface area contributed by atoms with E-state index in [2.05, 4.69) is 20.2 Å². The first-order chi connectivity index (χ1) is 16.8. The molecule has 0 bridgehead atoms. The minimum atomic E-state index is -4.56. The van der Waals surface area contributed by atoms with E-state index in [1.165, 1.54) is 4.68 Å². The molecule has 2 aliphatic heterocycles. The summed E-state index contributed by atoms with van der Waals surface area (Å²) in [5, 5.41) is 7.46. The van der Waals surface area contributed by atoms with Gasteiger partial charge < -0.3 is 9.80 Å². The van der Waals surface area contributed by atoms with Crippen molar-refractivity contribution in [1.82, 2.24) is 39.3 Å². The Hall–Kier alpha value is -2.87. The first-order valence-corrected chi connectivity index (χ1v) is 11.8. The van der Waals surface area contributed by atoms with Crippen molar-refractivity contribution in [2.24, 2.45) is 16.7 Å². The van der Waals surface area contributed by atoms with E-state index in [4.69, 9.17) is 0 Å². The van der Waals surface area contributed by atoms with Crippen molar-refractivity contribution < 1.29 is 31.1 Å². The van der Waals surface area contributed by atoms with Crippen LogP contribution in [0.1, 0.15) is 43.4 Å². The van der Waals surface area contributed by atoms with Crippen LogP contribution in [0.2, 0.25) is 0 Å². The molecule has 0 unspecified atom stereocenters. The summed E-state index contributed by atoms with van der Waals surface area (Å²) in [4.78, 5) is 23.7. The number of alkyl halides is 6. The monoisotopic (exact) mass is 518 g/mol. The summed E-state index contributed by atoms with van der Waals surface area (Å²) < 4.78 is 77.6. The maximum atomic E-state index is 12.8. The van der Waals surface area contributed by atoms with Crippen LogP contribution in [0.3, 0.4) is 0 Å². The number of carbonyl (C=O) groups is 1. The summed E-state index contributed by atoms with van der Waals surface area (Å²) in [5.41, 5.74) is 0.0412. The van der Waals surface area contributed by atoms with E-state index in [1.54, 1.807) is 4.90 Å². The van der Waals surface area contributed by atoms with Crippen molar-refractivity contribution in [1.29, 1.82) is 0 Å². The number of urea groups is 1. The molecule has 4 aliphatic rings. The van der Waals surface area contributed by atoms with Crippen molar-refractivity contribution >= 4 is 6.03 Å². The van der Waals surface area contributed by atoms with Gasteiger partial charge >= 0.3 is 18.4 Å². The Labute approximate surface area is 201 Å². The van der Waals surface area contributed by atoms with E-state index in [1.807, 2.05) is 4.90 Å². The molecule has 2 spiro atoms. The van der Waals surface area contributed by atoms with Gasteiger partial charge in [0.2, 0.25) is 0 Å². The molecule has 2 saturated carbocycles. The lowest BCUT2D eigenvalue weighted by atomic mass is 9.57. The lowest BCUT2D eigenvalue weighted by Gasteiger charge is -2.63. The molecule has 2 amide bonds. The zero-order chi connectivity index (χ0) is 25.5. The predicted octanol–water partition coefficient (Wildman–Crippen LogP) is 3.16. The quantitative estimate of drug-likeness (QED) is 0.581. The summed E-state index contributed by atoms with van der Waals surface area (Å²) in [6.07, 6.45) is -2.98. The molecular formula is C21H24F6N8O. The smallest absolute Gasteiger partial charge is 0.323 e. The van der Waals surface area contributed by atoms with Crippen LogP contribution < -0.4 is 0 Å². The van der Waals surface area contributed by atoms with Gasteiger partial charge in [0.1, 0.15) is 19.2 Å². The van der Waals surface area contributed by atoms with E-state index < -0.39 is 24.7 Å². The second-order valence-electron chi connectivity index (χ2n) is 11.1. The van der Waals surface area contributed by atoms with Gasteiger partial charge in [0.25, 0.3) is 5.82 Å². The molecule has 2 aromatic rings. The Bertz CT molecular complexity index is 1140. The fourth-order valence-corrected chi connectivity index (χ4v) is 6.48. The van der Waals surface area contributed by atoms with Gasteiger partial charge in [-0.2, -0.15) is 31.4 Å². The Morgan fingerprint density at radius 3 is 2.06 bits per heavy atom. The minimum absolute atomic E-state index is 0.00850. The van der Waals surface area contributed by atoms with Gasteiger partial charge in [-0.3, -0.25) is 0 Å². The number of carbonyl (C=O) groups excluding carboxylic acids is 1. The highest BCUT2D eigenvalue weighted by Gasteiger charge is 2.58. The number of nitrogens with zero attached hydrogens (tertiary/aromatic N) is 8. The molecule has 4 heterocycles. The molecule has 6 rings (SSSR count). The maximum absolute atomic E-state index is 12.8. The van der Waals surface area contributed by atoms with Crippen LogP contribution in [0.4, 0.5) is 31.1 Å². The van der Waals surface area contributed by atoms with Gasteiger partial charge in [-0.05, 0) is 31.6 Å². The highest BCUT2D eigenvalue weighted by atomic mass is 19.4. The van der Waals surface area contributed by atoms with Crippen LogP contribution in [0.25, 0.3) is 0 Å². The molecule has 0 radical (unpaired) electrons. The molecule has 0 N–H and O–H groups in total. The average molecular weight is 518 g/mol. The molecular weight excluding hydrogens is 494 g/mol. The van der Waals surface area contributed by atoms with Crippen molar-refractivity contribution in [2.75, 3.05) is 26.2 Å². The second kappa shape index (κ2) is 7.57. The summed E-state index contributed by atoms with van der Waals surface area (Å²) in [6.45, 7) is 1.39. The van der Waals surface area contributed by atoms with Crippen LogP contribution in [-0.2, 0) is 19.1 Å². The molecule has 0 atom stereocenters. The molecule has 15 heteroatoms. The number of hydrogen-bond acceptors (Lipinski definition) is 5. The van der Waals surface area contributed by atoms with Gasteiger partial charge in [-0.15, -0.1) is 5.10 Å². The Kier molecular flexibility index (Phi) is 4.95. The summed E-state index contributed by atoms with van der Waals surface area (Å²) in [7, 11) is 0. The lowest BCUT2D eigenvalue weighted by molar-refractivity contribution is -0.145. The Morgan fingerprint density at radius 2 is 1.50 bits per heavy atom. The molecule has 9 nitrogen and oxygen atoms in total. The summed E-state index contributed by atoms with van der Waals surface area (Å²) >= 11 is 0. The zero-order valence-electron chi connectivity index (χ0n) is 19.1. The number of hydrogen-bond donors (Lipinski definition) is 0. The molecule has 2 aromatic heterocycles.